The third-order valence-corrected chi connectivity index (χ3v) is 4.42. The quantitative estimate of drug-likeness (QED) is 0.446. The van der Waals surface area contributed by atoms with E-state index in [0.717, 1.165) is 11.1 Å². The molecule has 25 heavy (non-hydrogen) atoms. The summed E-state index contributed by atoms with van der Waals surface area (Å²) in [6.45, 7) is 1.68. The van der Waals surface area contributed by atoms with E-state index in [1.54, 1.807) is 38.3 Å². The Bertz CT molecular complexity index is 760. The molecule has 0 bridgehead atoms. The molecule has 134 valence electrons. The lowest BCUT2D eigenvalue weighted by Gasteiger charge is -2.15. The largest absolute Gasteiger partial charge is 0.493 e. The predicted molar refractivity (Wildman–Crippen MR) is 96.4 cm³/mol. The van der Waals surface area contributed by atoms with Gasteiger partial charge in [-0.05, 0) is 48.5 Å². The van der Waals surface area contributed by atoms with Gasteiger partial charge in [0.1, 0.15) is 12.2 Å². The zero-order valence-electron chi connectivity index (χ0n) is 14.8. The van der Waals surface area contributed by atoms with Gasteiger partial charge in [-0.2, -0.15) is 0 Å². The van der Waals surface area contributed by atoms with Crippen molar-refractivity contribution in [3.05, 3.63) is 29.0 Å². The number of benzene rings is 1. The topological polar surface area (TPSA) is 68.3 Å². The maximum absolute atomic E-state index is 12.6. The summed E-state index contributed by atoms with van der Waals surface area (Å²) in [6, 6.07) is 3.61. The van der Waals surface area contributed by atoms with Crippen LogP contribution < -0.4 is 9.47 Å². The molecule has 1 heterocycles. The van der Waals surface area contributed by atoms with Crippen LogP contribution >= 0.6 is 12.2 Å². The third kappa shape index (κ3) is 3.58. The first-order valence-corrected chi connectivity index (χ1v) is 7.85. The molecule has 1 amide bonds. The Morgan fingerprint density at radius 3 is 2.36 bits per heavy atom. The lowest BCUT2D eigenvalue weighted by atomic mass is 10.1. The maximum atomic E-state index is 12.6. The second-order valence-corrected chi connectivity index (χ2v) is 5.77. The molecule has 0 unspecified atom stereocenters. The molecule has 0 aliphatic carbocycles. The summed E-state index contributed by atoms with van der Waals surface area (Å²) in [6.07, 6.45) is 1.71. The zero-order chi connectivity index (χ0) is 18.7. The van der Waals surface area contributed by atoms with Crippen molar-refractivity contribution < 1.29 is 23.8 Å². The molecule has 7 nitrogen and oxygen atoms in total. The molecular weight excluding hydrogens is 344 g/mol. The lowest BCUT2D eigenvalue weighted by molar-refractivity contribution is -0.143. The number of amides is 1. The molecule has 1 aromatic rings. The van der Waals surface area contributed by atoms with Crippen LogP contribution in [0.2, 0.25) is 0 Å². The van der Waals surface area contributed by atoms with Gasteiger partial charge >= 0.3 is 5.97 Å². The van der Waals surface area contributed by atoms with Crippen molar-refractivity contribution in [2.24, 2.45) is 0 Å². The second kappa shape index (κ2) is 7.52. The van der Waals surface area contributed by atoms with Gasteiger partial charge in [-0.15, -0.1) is 0 Å². The maximum Gasteiger partial charge on any atom is 0.325 e. The highest BCUT2D eigenvalue weighted by molar-refractivity contribution is 7.80. The minimum Gasteiger partial charge on any atom is -0.493 e. The first-order valence-electron chi connectivity index (χ1n) is 7.44. The fourth-order valence-corrected chi connectivity index (χ4v) is 2.69. The Labute approximate surface area is 151 Å². The van der Waals surface area contributed by atoms with Crippen LogP contribution in [-0.2, 0) is 14.3 Å². The minimum absolute atomic E-state index is 0.221. The Morgan fingerprint density at radius 1 is 1.20 bits per heavy atom. The summed E-state index contributed by atoms with van der Waals surface area (Å²) < 4.78 is 15.2. The van der Waals surface area contributed by atoms with Crippen LogP contribution in [0.3, 0.4) is 0 Å². The molecule has 0 atom stereocenters. The number of hydrogen-bond donors (Lipinski definition) is 0. The van der Waals surface area contributed by atoms with Gasteiger partial charge in [0.2, 0.25) is 0 Å². The fourth-order valence-electron chi connectivity index (χ4n) is 2.44. The van der Waals surface area contributed by atoms with Crippen molar-refractivity contribution in [2.75, 3.05) is 34.9 Å². The third-order valence-electron chi connectivity index (χ3n) is 3.92. The van der Waals surface area contributed by atoms with E-state index in [-0.39, 0.29) is 17.6 Å². The number of rotatable bonds is 5. The molecule has 1 fully saturated rings. The second-order valence-electron chi connectivity index (χ2n) is 5.40. The van der Waals surface area contributed by atoms with Crippen LogP contribution in [0.25, 0.3) is 6.08 Å². The van der Waals surface area contributed by atoms with Gasteiger partial charge in [0, 0.05) is 7.05 Å². The van der Waals surface area contributed by atoms with E-state index < -0.39 is 5.97 Å². The smallest absolute Gasteiger partial charge is 0.325 e. The highest BCUT2D eigenvalue weighted by atomic mass is 32.1. The van der Waals surface area contributed by atoms with Crippen molar-refractivity contribution in [1.29, 1.82) is 0 Å². The van der Waals surface area contributed by atoms with Crippen LogP contribution in [-0.4, -0.2) is 61.7 Å². The lowest BCUT2D eigenvalue weighted by Crippen LogP contribution is -2.36. The molecule has 1 aliphatic heterocycles. The first-order chi connectivity index (χ1) is 11.8. The normalized spacial score (nSPS) is 15.8. The first kappa shape index (κ1) is 18.7. The SMILES string of the molecule is COC(=O)CN1C(=O)/C(=C/c2cc(OC)c(OC)cc2C)N(C)C1=S. The number of esters is 1. The molecule has 1 aromatic carbocycles. The Morgan fingerprint density at radius 2 is 1.80 bits per heavy atom. The van der Waals surface area contributed by atoms with Gasteiger partial charge in [-0.25, -0.2) is 0 Å². The number of nitrogens with zero attached hydrogens (tertiary/aromatic N) is 2. The predicted octanol–water partition coefficient (Wildman–Crippen LogP) is 1.59. The van der Waals surface area contributed by atoms with Crippen LogP contribution in [0.15, 0.2) is 17.8 Å². The van der Waals surface area contributed by atoms with E-state index in [1.807, 2.05) is 13.0 Å². The number of carbonyl (C=O) groups is 2. The highest BCUT2D eigenvalue weighted by Crippen LogP contribution is 2.32. The molecule has 1 aliphatic rings. The zero-order valence-corrected chi connectivity index (χ0v) is 15.6. The van der Waals surface area contributed by atoms with Gasteiger partial charge in [-0.3, -0.25) is 14.5 Å². The van der Waals surface area contributed by atoms with Crippen LogP contribution in [0, 0.1) is 6.92 Å². The molecule has 0 saturated carbocycles. The average molecular weight is 364 g/mol. The van der Waals surface area contributed by atoms with Crippen molar-refractivity contribution in [2.45, 2.75) is 6.92 Å². The molecule has 1 saturated heterocycles. The molecule has 0 radical (unpaired) electrons. The van der Waals surface area contributed by atoms with Gasteiger partial charge < -0.3 is 19.1 Å². The number of aryl methyl sites for hydroxylation is 1. The van der Waals surface area contributed by atoms with E-state index in [0.29, 0.717) is 17.2 Å². The molecular formula is C17H20N2O5S. The van der Waals surface area contributed by atoms with E-state index in [9.17, 15) is 9.59 Å². The number of thiocarbonyl (C=S) groups is 1. The molecule has 2 rings (SSSR count). The van der Waals surface area contributed by atoms with Crippen LogP contribution in [0.4, 0.5) is 0 Å². The van der Waals surface area contributed by atoms with Crippen LogP contribution in [0.1, 0.15) is 11.1 Å². The van der Waals surface area contributed by atoms with E-state index in [2.05, 4.69) is 4.74 Å². The molecule has 0 aromatic heterocycles. The van der Waals surface area contributed by atoms with Crippen molar-refractivity contribution in [1.82, 2.24) is 9.80 Å². The average Bonchev–Trinajstić information content (AvgIpc) is 2.80. The monoisotopic (exact) mass is 364 g/mol. The van der Waals surface area contributed by atoms with Gasteiger partial charge in [-0.1, -0.05) is 0 Å². The molecule has 0 N–H and O–H groups in total. The fraction of sp³-hybridized carbons (Fsp3) is 0.353. The Hall–Kier alpha value is -2.61. The molecule has 8 heteroatoms. The summed E-state index contributed by atoms with van der Waals surface area (Å²) in [5, 5.41) is 0.250. The number of ether oxygens (including phenoxy) is 3. The standard InChI is InChI=1S/C17H20N2O5S/c1-10-6-13(22-3)14(23-4)8-11(10)7-12-16(21)19(9-15(20)24-5)17(25)18(12)2/h6-8H,9H2,1-5H3/b12-7-. The van der Waals surface area contributed by atoms with E-state index in [4.69, 9.17) is 21.7 Å². The highest BCUT2D eigenvalue weighted by Gasteiger charge is 2.37. The van der Waals surface area contributed by atoms with Crippen molar-refractivity contribution in [3.8, 4) is 11.5 Å². The van der Waals surface area contributed by atoms with E-state index >= 15 is 0 Å². The van der Waals surface area contributed by atoms with Gasteiger partial charge in [0.15, 0.2) is 16.6 Å². The number of carbonyl (C=O) groups excluding carboxylic acids is 2. The summed E-state index contributed by atoms with van der Waals surface area (Å²) in [5.74, 6) is 0.276. The summed E-state index contributed by atoms with van der Waals surface area (Å²) in [5.41, 5.74) is 2.06. The number of likely N-dealkylation sites (N-methyl/N-ethyl adjacent to an activating group) is 1. The Kier molecular flexibility index (Phi) is 5.63. The van der Waals surface area contributed by atoms with E-state index in [1.165, 1.54) is 12.0 Å². The van der Waals surface area contributed by atoms with Gasteiger partial charge in [0.25, 0.3) is 5.91 Å². The number of hydrogen-bond acceptors (Lipinski definition) is 6. The van der Waals surface area contributed by atoms with Gasteiger partial charge in [0.05, 0.1) is 21.3 Å². The summed E-state index contributed by atoms with van der Waals surface area (Å²) in [7, 11) is 6.05. The summed E-state index contributed by atoms with van der Waals surface area (Å²) in [4.78, 5) is 26.9. The van der Waals surface area contributed by atoms with Crippen LogP contribution in [0.5, 0.6) is 11.5 Å². The summed E-state index contributed by atoms with van der Waals surface area (Å²) >= 11 is 5.26. The minimum atomic E-state index is -0.535. The number of methoxy groups -OCH3 is 3. The van der Waals surface area contributed by atoms with Crippen molar-refractivity contribution in [3.63, 3.8) is 0 Å². The Balaban J connectivity index is 2.42. The van der Waals surface area contributed by atoms with Crippen molar-refractivity contribution >= 4 is 35.3 Å². The molecule has 0 spiro atoms.